The Morgan fingerprint density at radius 3 is 0.667 bits per heavy atom. The molecule has 0 amide bonds. The summed E-state index contributed by atoms with van der Waals surface area (Å²) >= 11 is 0. The second-order valence-corrected chi connectivity index (χ2v) is 18.5. The van der Waals surface area contributed by atoms with E-state index in [9.17, 15) is 14.4 Å². The molecule has 0 aliphatic rings. The Balaban J connectivity index is 4.29. The molecule has 356 valence electrons. The summed E-state index contributed by atoms with van der Waals surface area (Å²) in [4.78, 5) is 38.0. The van der Waals surface area contributed by atoms with E-state index in [1.54, 1.807) is 0 Å². The second-order valence-electron chi connectivity index (χ2n) is 18.5. The molecule has 0 bridgehead atoms. The van der Waals surface area contributed by atoms with Crippen LogP contribution in [0.1, 0.15) is 310 Å². The number of esters is 3. The van der Waals surface area contributed by atoms with Gasteiger partial charge in [0.15, 0.2) is 6.10 Å². The number of ether oxygens (including phenoxy) is 3. The molecular weight excluding hydrogens is 745 g/mol. The zero-order valence-corrected chi connectivity index (χ0v) is 40.8. The van der Waals surface area contributed by atoms with E-state index in [0.717, 1.165) is 57.8 Å². The minimum absolute atomic E-state index is 0.0616. The zero-order chi connectivity index (χ0) is 43.7. The van der Waals surface area contributed by atoms with Crippen molar-refractivity contribution in [3.8, 4) is 0 Å². The third kappa shape index (κ3) is 47.5. The summed E-state index contributed by atoms with van der Waals surface area (Å²) in [7, 11) is 0. The first-order valence-corrected chi connectivity index (χ1v) is 27.0. The number of carbonyl (C=O) groups excluding carboxylic acids is 3. The Labute approximate surface area is 374 Å². The van der Waals surface area contributed by atoms with E-state index in [1.165, 1.54) is 212 Å². The third-order valence-corrected chi connectivity index (χ3v) is 12.4. The van der Waals surface area contributed by atoms with Gasteiger partial charge in [0, 0.05) is 19.3 Å². The monoisotopic (exact) mass is 849 g/mol. The lowest BCUT2D eigenvalue weighted by atomic mass is 10.0. The van der Waals surface area contributed by atoms with Gasteiger partial charge in [-0.15, -0.1) is 0 Å². The van der Waals surface area contributed by atoms with Crippen LogP contribution in [0.25, 0.3) is 0 Å². The maximum Gasteiger partial charge on any atom is 0.306 e. The van der Waals surface area contributed by atoms with E-state index in [4.69, 9.17) is 14.2 Å². The Morgan fingerprint density at radius 1 is 0.267 bits per heavy atom. The summed E-state index contributed by atoms with van der Waals surface area (Å²) in [6.45, 7) is 6.69. The van der Waals surface area contributed by atoms with Crippen molar-refractivity contribution in [3.63, 3.8) is 0 Å². The number of hydrogen-bond acceptors (Lipinski definition) is 6. The van der Waals surface area contributed by atoms with Gasteiger partial charge < -0.3 is 14.2 Å². The Bertz CT molecular complexity index is 889. The highest BCUT2D eigenvalue weighted by atomic mass is 16.6. The van der Waals surface area contributed by atoms with Crippen molar-refractivity contribution in [2.75, 3.05) is 13.2 Å². The van der Waals surface area contributed by atoms with Crippen LogP contribution in [0.2, 0.25) is 0 Å². The summed E-state index contributed by atoms with van der Waals surface area (Å²) in [6.07, 6.45) is 53.7. The Hall–Kier alpha value is -1.59. The molecule has 0 saturated carbocycles. The fourth-order valence-corrected chi connectivity index (χ4v) is 8.27. The van der Waals surface area contributed by atoms with E-state index in [1.807, 2.05) is 0 Å². The maximum atomic E-state index is 12.8. The van der Waals surface area contributed by atoms with Crippen molar-refractivity contribution in [1.82, 2.24) is 0 Å². The topological polar surface area (TPSA) is 78.9 Å². The number of hydrogen-bond donors (Lipinski definition) is 0. The number of carbonyl (C=O) groups is 3. The van der Waals surface area contributed by atoms with Crippen LogP contribution < -0.4 is 0 Å². The number of rotatable bonds is 50. The third-order valence-electron chi connectivity index (χ3n) is 12.4. The molecule has 60 heavy (non-hydrogen) atoms. The van der Waals surface area contributed by atoms with Crippen LogP contribution in [0.3, 0.4) is 0 Å². The molecule has 1 atom stereocenters. The SMILES string of the molecule is CCCCCCCCCCCCCCCCCCCC(=O)O[C@H](COC(=O)CCCCCCCCCCCCCC)COC(=O)CCCCCCCCCCCCCCC. The highest BCUT2D eigenvalue weighted by molar-refractivity contribution is 5.71. The van der Waals surface area contributed by atoms with Crippen molar-refractivity contribution < 1.29 is 28.6 Å². The first kappa shape index (κ1) is 58.4. The smallest absolute Gasteiger partial charge is 0.306 e. The van der Waals surface area contributed by atoms with Gasteiger partial charge >= 0.3 is 17.9 Å². The molecule has 0 radical (unpaired) electrons. The normalized spacial score (nSPS) is 11.8. The highest BCUT2D eigenvalue weighted by Crippen LogP contribution is 2.17. The lowest BCUT2D eigenvalue weighted by Gasteiger charge is -2.18. The summed E-state index contributed by atoms with van der Waals surface area (Å²) in [6, 6.07) is 0. The van der Waals surface area contributed by atoms with E-state index in [0.29, 0.717) is 19.3 Å². The van der Waals surface area contributed by atoms with Crippen LogP contribution in [0.15, 0.2) is 0 Å². The van der Waals surface area contributed by atoms with Crippen molar-refractivity contribution in [1.29, 1.82) is 0 Å². The fraction of sp³-hybridized carbons (Fsp3) is 0.944. The van der Waals surface area contributed by atoms with Crippen LogP contribution >= 0.6 is 0 Å². The minimum Gasteiger partial charge on any atom is -0.462 e. The molecule has 0 N–H and O–H groups in total. The molecule has 0 aliphatic heterocycles. The molecule has 6 heteroatoms. The zero-order valence-electron chi connectivity index (χ0n) is 40.8. The summed E-state index contributed by atoms with van der Waals surface area (Å²) in [5.41, 5.74) is 0. The second kappa shape index (κ2) is 50.1. The molecule has 0 aromatic carbocycles. The predicted molar refractivity (Wildman–Crippen MR) is 257 cm³/mol. The standard InChI is InChI=1S/C54H104O6/c1-4-7-10-13-16-19-22-25-26-27-28-30-33-36-39-42-45-48-54(57)60-51(49-58-52(55)46-43-40-37-34-31-24-21-18-15-12-9-6-3)50-59-53(56)47-44-41-38-35-32-29-23-20-17-14-11-8-5-2/h51H,4-50H2,1-3H3/t51-/m1/s1. The van der Waals surface area contributed by atoms with Gasteiger partial charge in [0.25, 0.3) is 0 Å². The van der Waals surface area contributed by atoms with Crippen molar-refractivity contribution >= 4 is 17.9 Å². The molecular formula is C54H104O6. The van der Waals surface area contributed by atoms with Crippen molar-refractivity contribution in [3.05, 3.63) is 0 Å². The van der Waals surface area contributed by atoms with E-state index < -0.39 is 6.10 Å². The Kier molecular flexibility index (Phi) is 48.7. The lowest BCUT2D eigenvalue weighted by Crippen LogP contribution is -2.30. The van der Waals surface area contributed by atoms with Crippen molar-refractivity contribution in [2.45, 2.75) is 316 Å². The van der Waals surface area contributed by atoms with Gasteiger partial charge in [0.1, 0.15) is 13.2 Å². The first-order valence-electron chi connectivity index (χ1n) is 27.0. The molecule has 0 spiro atoms. The average Bonchev–Trinajstić information content (AvgIpc) is 3.24. The number of unbranched alkanes of at least 4 members (excludes halogenated alkanes) is 39. The van der Waals surface area contributed by atoms with Gasteiger partial charge in [-0.25, -0.2) is 0 Å². The first-order chi connectivity index (χ1) is 29.5. The summed E-state index contributed by atoms with van der Waals surface area (Å²) in [5.74, 6) is -0.838. The van der Waals surface area contributed by atoms with Gasteiger partial charge in [-0.2, -0.15) is 0 Å². The van der Waals surface area contributed by atoms with Crippen LogP contribution in [0, 0.1) is 0 Å². The maximum absolute atomic E-state index is 12.8. The van der Waals surface area contributed by atoms with E-state index in [-0.39, 0.29) is 31.1 Å². The summed E-state index contributed by atoms with van der Waals surface area (Å²) < 4.78 is 16.8. The predicted octanol–water partition coefficient (Wildman–Crippen LogP) is 17.6. The quantitative estimate of drug-likeness (QED) is 0.0345. The molecule has 0 saturated heterocycles. The van der Waals surface area contributed by atoms with Crippen LogP contribution in [-0.2, 0) is 28.6 Å². The largest absolute Gasteiger partial charge is 0.462 e. The molecule has 0 unspecified atom stereocenters. The highest BCUT2D eigenvalue weighted by Gasteiger charge is 2.19. The van der Waals surface area contributed by atoms with Gasteiger partial charge in [-0.1, -0.05) is 271 Å². The van der Waals surface area contributed by atoms with Gasteiger partial charge in [-0.3, -0.25) is 14.4 Å². The fourth-order valence-electron chi connectivity index (χ4n) is 8.27. The van der Waals surface area contributed by atoms with Crippen LogP contribution in [0.5, 0.6) is 0 Å². The molecule has 0 fully saturated rings. The lowest BCUT2D eigenvalue weighted by molar-refractivity contribution is -0.167. The average molecular weight is 849 g/mol. The van der Waals surface area contributed by atoms with Gasteiger partial charge in [-0.05, 0) is 19.3 Å². The molecule has 0 rings (SSSR count). The molecule has 0 aliphatic carbocycles. The van der Waals surface area contributed by atoms with E-state index in [2.05, 4.69) is 20.8 Å². The van der Waals surface area contributed by atoms with Gasteiger partial charge in [0.05, 0.1) is 0 Å². The minimum atomic E-state index is -0.759. The van der Waals surface area contributed by atoms with Crippen LogP contribution in [0.4, 0.5) is 0 Å². The van der Waals surface area contributed by atoms with Gasteiger partial charge in [0.2, 0.25) is 0 Å². The molecule has 0 aromatic rings. The van der Waals surface area contributed by atoms with Crippen molar-refractivity contribution in [2.24, 2.45) is 0 Å². The van der Waals surface area contributed by atoms with Crippen LogP contribution in [-0.4, -0.2) is 37.2 Å². The summed E-state index contributed by atoms with van der Waals surface area (Å²) in [5, 5.41) is 0. The molecule has 0 heterocycles. The van der Waals surface area contributed by atoms with E-state index >= 15 is 0 Å². The molecule has 0 aromatic heterocycles. The molecule has 6 nitrogen and oxygen atoms in total. The Morgan fingerprint density at radius 2 is 0.450 bits per heavy atom.